The van der Waals surface area contributed by atoms with Crippen LogP contribution in [0.4, 0.5) is 0 Å². The summed E-state index contributed by atoms with van der Waals surface area (Å²) >= 11 is 0. The van der Waals surface area contributed by atoms with Gasteiger partial charge in [-0.1, -0.05) is 12.1 Å². The number of phenolic OH excluding ortho intramolecular Hbond substituents is 1. The number of rotatable bonds is 2. The summed E-state index contributed by atoms with van der Waals surface area (Å²) in [5, 5.41) is 17.9. The Morgan fingerprint density at radius 1 is 1.43 bits per heavy atom. The van der Waals surface area contributed by atoms with E-state index in [0.29, 0.717) is 6.42 Å². The fourth-order valence-corrected chi connectivity index (χ4v) is 1.64. The topological polar surface area (TPSA) is 83.6 Å². The molecule has 0 bridgehead atoms. The number of aromatic hydroxyl groups is 1. The van der Waals surface area contributed by atoms with Crippen molar-refractivity contribution in [2.45, 2.75) is 17.9 Å². The number of aliphatic carboxylic acids is 1. The molecule has 0 saturated heterocycles. The van der Waals surface area contributed by atoms with Crippen molar-refractivity contribution < 1.29 is 15.0 Å². The fraction of sp³-hybridized carbons (Fsp3) is 0.300. The van der Waals surface area contributed by atoms with E-state index >= 15 is 0 Å². The number of carboxylic acids is 1. The Kier molecular flexibility index (Phi) is 1.75. The normalized spacial score (nSPS) is 29.9. The van der Waals surface area contributed by atoms with Crippen molar-refractivity contribution in [1.82, 2.24) is 0 Å². The number of hydrogen-bond acceptors (Lipinski definition) is 3. The van der Waals surface area contributed by atoms with Gasteiger partial charge in [-0.05, 0) is 24.1 Å². The zero-order valence-corrected chi connectivity index (χ0v) is 7.47. The van der Waals surface area contributed by atoms with E-state index in [9.17, 15) is 4.79 Å². The zero-order valence-electron chi connectivity index (χ0n) is 7.47. The van der Waals surface area contributed by atoms with Gasteiger partial charge in [0.1, 0.15) is 11.3 Å². The third-order valence-corrected chi connectivity index (χ3v) is 2.70. The van der Waals surface area contributed by atoms with E-state index in [2.05, 4.69) is 0 Å². The van der Waals surface area contributed by atoms with E-state index in [-0.39, 0.29) is 11.7 Å². The number of hydrogen-bond donors (Lipinski definition) is 3. The van der Waals surface area contributed by atoms with Crippen LogP contribution < -0.4 is 5.73 Å². The van der Waals surface area contributed by atoms with Crippen LogP contribution in [0.2, 0.25) is 0 Å². The molecule has 0 heterocycles. The molecule has 1 saturated carbocycles. The van der Waals surface area contributed by atoms with Crippen molar-refractivity contribution in [1.29, 1.82) is 0 Å². The zero-order chi connectivity index (χ0) is 10.3. The second-order valence-electron chi connectivity index (χ2n) is 3.69. The van der Waals surface area contributed by atoms with Crippen LogP contribution in [0.15, 0.2) is 24.3 Å². The predicted molar refractivity (Wildman–Crippen MR) is 50.0 cm³/mol. The van der Waals surface area contributed by atoms with Gasteiger partial charge >= 0.3 is 5.97 Å². The van der Waals surface area contributed by atoms with Crippen LogP contribution in [0.3, 0.4) is 0 Å². The lowest BCUT2D eigenvalue weighted by Crippen LogP contribution is -2.34. The molecule has 0 aliphatic heterocycles. The first-order valence-electron chi connectivity index (χ1n) is 4.35. The van der Waals surface area contributed by atoms with Crippen LogP contribution in [0.25, 0.3) is 0 Å². The van der Waals surface area contributed by atoms with E-state index in [4.69, 9.17) is 15.9 Å². The first-order chi connectivity index (χ1) is 6.54. The first kappa shape index (κ1) is 9.02. The second-order valence-corrected chi connectivity index (χ2v) is 3.69. The lowest BCUT2D eigenvalue weighted by molar-refractivity contribution is -0.139. The first-order valence-corrected chi connectivity index (χ1v) is 4.35. The van der Waals surface area contributed by atoms with Gasteiger partial charge in [0.2, 0.25) is 0 Å². The predicted octanol–water partition coefficient (Wildman–Crippen LogP) is 0.662. The third kappa shape index (κ3) is 1.24. The third-order valence-electron chi connectivity index (χ3n) is 2.70. The van der Waals surface area contributed by atoms with E-state index in [1.54, 1.807) is 12.1 Å². The Morgan fingerprint density at radius 2 is 2.00 bits per heavy atom. The molecule has 2 rings (SSSR count). The number of benzene rings is 1. The summed E-state index contributed by atoms with van der Waals surface area (Å²) in [7, 11) is 0. The van der Waals surface area contributed by atoms with Gasteiger partial charge in [0.25, 0.3) is 0 Å². The van der Waals surface area contributed by atoms with Gasteiger partial charge in [-0.25, -0.2) is 0 Å². The van der Waals surface area contributed by atoms with Crippen LogP contribution >= 0.6 is 0 Å². The number of phenols is 1. The van der Waals surface area contributed by atoms with Gasteiger partial charge in [0, 0.05) is 5.92 Å². The van der Waals surface area contributed by atoms with E-state index in [0.717, 1.165) is 5.56 Å². The maximum atomic E-state index is 10.8. The Morgan fingerprint density at radius 3 is 2.43 bits per heavy atom. The molecule has 0 radical (unpaired) electrons. The standard InChI is InChI=1S/C10H11NO3/c11-10(9(13)14)5-8(10)6-1-3-7(12)4-2-6/h1-4,8,12H,5,11H2,(H,13,14)/t8-,10+/m1/s1. The molecular formula is C10H11NO3. The van der Waals surface area contributed by atoms with Crippen molar-refractivity contribution in [3.05, 3.63) is 29.8 Å². The van der Waals surface area contributed by atoms with Crippen LogP contribution in [0.1, 0.15) is 17.9 Å². The number of nitrogens with two attached hydrogens (primary N) is 1. The van der Waals surface area contributed by atoms with E-state index < -0.39 is 11.5 Å². The maximum absolute atomic E-state index is 10.8. The Labute approximate surface area is 81.0 Å². The van der Waals surface area contributed by atoms with E-state index in [1.807, 2.05) is 0 Å². The molecule has 2 atom stereocenters. The number of carboxylic acid groups (broad SMARTS) is 1. The molecule has 1 fully saturated rings. The molecule has 0 aromatic heterocycles. The molecule has 74 valence electrons. The molecule has 0 amide bonds. The highest BCUT2D eigenvalue weighted by Crippen LogP contribution is 2.49. The van der Waals surface area contributed by atoms with Crippen molar-refractivity contribution in [2.24, 2.45) is 5.73 Å². The molecule has 14 heavy (non-hydrogen) atoms. The molecular weight excluding hydrogens is 182 g/mol. The van der Waals surface area contributed by atoms with Crippen molar-refractivity contribution >= 4 is 5.97 Å². The summed E-state index contributed by atoms with van der Waals surface area (Å²) in [6, 6.07) is 6.49. The van der Waals surface area contributed by atoms with E-state index in [1.165, 1.54) is 12.1 Å². The van der Waals surface area contributed by atoms with Gasteiger partial charge in [-0.2, -0.15) is 0 Å². The van der Waals surface area contributed by atoms with Gasteiger partial charge in [0.05, 0.1) is 0 Å². The molecule has 4 heteroatoms. The van der Waals surface area contributed by atoms with Gasteiger partial charge in [0.15, 0.2) is 0 Å². The smallest absolute Gasteiger partial charge is 0.324 e. The molecule has 0 spiro atoms. The molecule has 1 aliphatic rings. The van der Waals surface area contributed by atoms with Gasteiger partial charge in [-0.3, -0.25) is 4.79 Å². The molecule has 1 aromatic carbocycles. The monoisotopic (exact) mass is 193 g/mol. The minimum Gasteiger partial charge on any atom is -0.508 e. The Hall–Kier alpha value is -1.55. The average Bonchev–Trinajstić information content (AvgIpc) is 2.81. The van der Waals surface area contributed by atoms with Crippen LogP contribution in [-0.4, -0.2) is 21.7 Å². The lowest BCUT2D eigenvalue weighted by Gasteiger charge is -2.05. The minimum atomic E-state index is -1.10. The van der Waals surface area contributed by atoms with Gasteiger partial charge in [-0.15, -0.1) is 0 Å². The van der Waals surface area contributed by atoms with Crippen molar-refractivity contribution in [3.8, 4) is 5.75 Å². The van der Waals surface area contributed by atoms with Crippen LogP contribution in [0.5, 0.6) is 5.75 Å². The largest absolute Gasteiger partial charge is 0.508 e. The van der Waals surface area contributed by atoms with Crippen molar-refractivity contribution in [2.75, 3.05) is 0 Å². The van der Waals surface area contributed by atoms with Crippen LogP contribution in [0, 0.1) is 0 Å². The number of carbonyl (C=O) groups is 1. The summed E-state index contributed by atoms with van der Waals surface area (Å²) in [4.78, 5) is 10.8. The average molecular weight is 193 g/mol. The summed E-state index contributed by atoms with van der Waals surface area (Å²) < 4.78 is 0. The Bertz CT molecular complexity index is 373. The van der Waals surface area contributed by atoms with Crippen molar-refractivity contribution in [3.63, 3.8) is 0 Å². The van der Waals surface area contributed by atoms with Crippen LogP contribution in [-0.2, 0) is 4.79 Å². The Balaban J connectivity index is 2.21. The highest BCUT2D eigenvalue weighted by Gasteiger charge is 2.58. The summed E-state index contributed by atoms with van der Waals surface area (Å²) in [5.41, 5.74) is 5.41. The summed E-state index contributed by atoms with van der Waals surface area (Å²) in [6.45, 7) is 0. The highest BCUT2D eigenvalue weighted by atomic mass is 16.4. The molecule has 1 aliphatic carbocycles. The summed E-state index contributed by atoms with van der Waals surface area (Å²) in [6.07, 6.45) is 0.465. The lowest BCUT2D eigenvalue weighted by atomic mass is 10.1. The molecule has 1 aromatic rings. The minimum absolute atomic E-state index is 0.124. The molecule has 0 unspecified atom stereocenters. The molecule has 4 nitrogen and oxygen atoms in total. The highest BCUT2D eigenvalue weighted by molar-refractivity contribution is 5.84. The summed E-state index contributed by atoms with van der Waals surface area (Å²) in [5.74, 6) is -0.913. The quantitative estimate of drug-likeness (QED) is 0.644. The SMILES string of the molecule is N[C@@]1(C(=O)O)C[C@@H]1c1ccc(O)cc1. The fourth-order valence-electron chi connectivity index (χ4n) is 1.64. The molecule has 4 N–H and O–H groups in total. The maximum Gasteiger partial charge on any atom is 0.324 e. The second kappa shape index (κ2) is 2.72. The van der Waals surface area contributed by atoms with Gasteiger partial charge < -0.3 is 15.9 Å².